The lowest BCUT2D eigenvalue weighted by molar-refractivity contribution is -0.143. The van der Waals surface area contributed by atoms with Gasteiger partial charge < -0.3 is 38.0 Å². The van der Waals surface area contributed by atoms with Gasteiger partial charge in [-0.3, -0.25) is 12.9 Å². The molecular weight excluding hydrogens is 1940 g/mol. The summed E-state index contributed by atoms with van der Waals surface area (Å²) in [5.74, 6) is -15.9. The fourth-order valence-electron chi connectivity index (χ4n) is 8.26. The van der Waals surface area contributed by atoms with E-state index in [1.165, 1.54) is 51.1 Å². The molecular formula is C70H41B3Br2ClF23O17S5-2. The maximum atomic E-state index is 13.2. The fraction of sp³-hybridized carbons (Fsp3) is 0.0857. The molecule has 0 amide bonds. The Bertz CT molecular complexity index is 5210. The lowest BCUT2D eigenvalue weighted by Gasteiger charge is -2.12. The summed E-state index contributed by atoms with van der Waals surface area (Å²) in [5, 5.41) is 17.9. The lowest BCUT2D eigenvalue weighted by Crippen LogP contribution is -3.00. The van der Waals surface area contributed by atoms with Crippen molar-refractivity contribution in [2.24, 2.45) is 0 Å². The zero-order valence-corrected chi connectivity index (χ0v) is 67.2. The number of carbonyl (C=O) groups is 4. The van der Waals surface area contributed by atoms with Crippen molar-refractivity contribution in [1.29, 1.82) is 0 Å². The van der Waals surface area contributed by atoms with Crippen molar-refractivity contribution in [2.75, 3.05) is 14.2 Å². The number of esters is 2. The fourth-order valence-corrected chi connectivity index (χ4v) is 14.1. The Morgan fingerprint density at radius 3 is 0.893 bits per heavy atom. The van der Waals surface area contributed by atoms with Crippen LogP contribution in [-0.4, -0.2) is 116 Å². The van der Waals surface area contributed by atoms with E-state index in [1.54, 1.807) is 24.3 Å². The standard InChI is InChI=1S/C19H12F5S.C18H12Br2ClS.C10H10O7S.C8H3BF6.C8H6O7S.C6BF5.CHF3O3S.BF3.FH/c20-14-3-9-17(10-4-14)25(18-11-5-15(21)6-12-18)16-7-1-13(2-8-16)19(22,23)24;19-13-1-7-16(8-2-13)22(17-9-3-14(20)4-10-17)18-11-5-15(21)6-12-18;1-16-9(11)6-3-7(10(12)17-2)5-8(4-6)18(13,14)15;9-6-2-4(7(10,11)12)1-5(3-6)8(13,14)15;9-7(10)4-1-5(8(11)12)3-6(2-4)16(13,14)15;7-1-2(8)4(10)6(12)5(11)3(1)9;2-1(3,4)8(5,6)7;2-1(3)4;/h1-12H;1-12H;3-5H,1-2H3,(H,13,14,15);1-3H;1-3H,(H,9,10)(H,11,12)(H,13,14,15);;(H,5,6,7);;1H/q2*+1;;;;;;;/p-4. The van der Waals surface area contributed by atoms with Crippen molar-refractivity contribution in [2.45, 2.75) is 63.2 Å². The predicted octanol–water partition coefficient (Wildman–Crippen LogP) is 14.8. The summed E-state index contributed by atoms with van der Waals surface area (Å²) < 4.78 is 362. The molecule has 0 spiro atoms. The molecule has 17 nitrogen and oxygen atoms in total. The SMILES string of the molecule is COC(=O)c1cc(C(=O)OC)cc(S(=O)(=O)[O-])c1.Clc1ccc([S+](c2ccc(Br)cc2)c2ccc(Br)cc2)cc1.FB(F)F.Fc1ccc([S+](c2ccc(F)cc2)c2ccc(C(F)(F)F)cc2)cc1.O=C(O)c1cc(C(=O)O)cc(S(=O)(=O)[O-])c1.O=S(=O)([O-])C(F)(F)F.[B]c1c(F)c(F)c(F)c(F)c1F.[B]c1cc(C(F)(F)F)cc(C(F)(F)F)c1.[F-]. The number of aromatic carboxylic acids is 2. The molecule has 0 heterocycles. The molecule has 0 bridgehead atoms. The highest BCUT2D eigenvalue weighted by Crippen LogP contribution is 2.38. The van der Waals surface area contributed by atoms with Crippen LogP contribution in [0.2, 0.25) is 5.02 Å². The van der Waals surface area contributed by atoms with Crippen LogP contribution in [0.4, 0.5) is 96.4 Å². The first-order valence-corrected chi connectivity index (χ1v) is 39.2. The summed E-state index contributed by atoms with van der Waals surface area (Å²) in [6, 6.07) is 47.2. The molecule has 0 unspecified atom stereocenters. The summed E-state index contributed by atoms with van der Waals surface area (Å²) in [7, 11) is -8.68. The molecule has 0 atom stereocenters. The second kappa shape index (κ2) is 46.0. The van der Waals surface area contributed by atoms with E-state index >= 15 is 0 Å². The quantitative estimate of drug-likeness (QED) is 0.0168. The first-order valence-electron chi connectivity index (χ1n) is 30.6. The van der Waals surface area contributed by atoms with Crippen molar-refractivity contribution in [3.05, 3.63) is 294 Å². The van der Waals surface area contributed by atoms with E-state index in [2.05, 4.69) is 110 Å². The largest absolute Gasteiger partial charge is 1.00 e. The van der Waals surface area contributed by atoms with Crippen molar-refractivity contribution in [3.8, 4) is 0 Å². The Balaban J connectivity index is 0.000000484. The van der Waals surface area contributed by atoms with Crippen LogP contribution in [0.3, 0.4) is 0 Å². The second-order valence-corrected chi connectivity index (χ2v) is 32.3. The van der Waals surface area contributed by atoms with Crippen LogP contribution < -0.4 is 15.6 Å². The molecule has 10 rings (SSSR count). The van der Waals surface area contributed by atoms with Gasteiger partial charge >= 0.3 is 55.5 Å². The molecule has 10 aromatic carbocycles. The van der Waals surface area contributed by atoms with Gasteiger partial charge in [0.05, 0.1) is 84.7 Å². The molecule has 0 aliphatic carbocycles. The maximum absolute atomic E-state index is 13.2. The third-order valence-electron chi connectivity index (χ3n) is 13.5. The number of carbonyl (C=O) groups excluding carboxylic acids is 2. The average Bonchev–Trinajstić information content (AvgIpc) is 0.902. The average molecular weight is 1980 g/mol. The summed E-state index contributed by atoms with van der Waals surface area (Å²) >= 11 is 13.1. The van der Waals surface area contributed by atoms with Gasteiger partial charge in [-0.1, -0.05) is 61.1 Å². The first kappa shape index (κ1) is 107. The smallest absolute Gasteiger partial charge is 0.762 e. The van der Waals surface area contributed by atoms with E-state index < -0.39 is 186 Å². The molecule has 646 valence electrons. The Kier molecular flexibility index (Phi) is 40.8. The lowest BCUT2D eigenvalue weighted by atomic mass is 9.91. The maximum Gasteiger partial charge on any atom is 0.762 e. The number of halogens is 26. The van der Waals surface area contributed by atoms with E-state index in [0.717, 1.165) is 74.4 Å². The van der Waals surface area contributed by atoms with Gasteiger partial charge in [-0.25, -0.2) is 75.2 Å². The van der Waals surface area contributed by atoms with E-state index in [4.69, 9.17) is 42.6 Å². The molecule has 4 radical (unpaired) electrons. The minimum atomic E-state index is -6.09. The van der Waals surface area contributed by atoms with Gasteiger partial charge in [-0.15, -0.1) is 0 Å². The first-order chi connectivity index (χ1) is 55.0. The number of ether oxygens (including phenoxy) is 2. The van der Waals surface area contributed by atoms with Crippen LogP contribution in [0.5, 0.6) is 0 Å². The van der Waals surface area contributed by atoms with Gasteiger partial charge in [0.15, 0.2) is 68.6 Å². The summed E-state index contributed by atoms with van der Waals surface area (Å²) in [6.45, 7) is 0. The van der Waals surface area contributed by atoms with Crippen LogP contribution in [0.15, 0.2) is 248 Å². The van der Waals surface area contributed by atoms with E-state index in [-0.39, 0.29) is 32.8 Å². The number of methoxy groups -OCH3 is 2. The predicted molar refractivity (Wildman–Crippen MR) is 392 cm³/mol. The minimum absolute atomic E-state index is 0. The molecule has 0 aliphatic rings. The minimum Gasteiger partial charge on any atom is -1.00 e. The Morgan fingerprint density at radius 2 is 0.645 bits per heavy atom. The van der Waals surface area contributed by atoms with Crippen molar-refractivity contribution < 1.29 is 179 Å². The number of rotatable bonds is 12. The molecule has 0 fully saturated rings. The van der Waals surface area contributed by atoms with Crippen LogP contribution in [0.25, 0.3) is 0 Å². The molecule has 0 saturated carbocycles. The third kappa shape index (κ3) is 34.6. The Morgan fingerprint density at radius 1 is 0.405 bits per heavy atom. The summed E-state index contributed by atoms with van der Waals surface area (Å²) in [5.41, 5.74) is -12.7. The van der Waals surface area contributed by atoms with Gasteiger partial charge in [0.2, 0.25) is 0 Å². The highest BCUT2D eigenvalue weighted by atomic mass is 79.9. The van der Waals surface area contributed by atoms with Crippen LogP contribution in [0, 0.1) is 40.7 Å². The number of hydrogen-bond donors (Lipinski definition) is 2. The third-order valence-corrected chi connectivity index (χ3v) is 21.5. The monoisotopic (exact) mass is 1980 g/mol. The van der Waals surface area contributed by atoms with Crippen LogP contribution >= 0.6 is 43.5 Å². The summed E-state index contributed by atoms with van der Waals surface area (Å²) in [4.78, 5) is 48.0. The van der Waals surface area contributed by atoms with Crippen molar-refractivity contribution >= 4 is 154 Å². The van der Waals surface area contributed by atoms with Gasteiger partial charge in [0.1, 0.15) is 47.6 Å². The number of carboxylic acid groups (broad SMARTS) is 2. The highest BCUT2D eigenvalue weighted by molar-refractivity contribution is 9.10. The van der Waals surface area contributed by atoms with Gasteiger partial charge in [-0.05, 0) is 194 Å². The Hall–Kier alpha value is -9.66. The Labute approximate surface area is 699 Å². The highest BCUT2D eigenvalue weighted by Gasteiger charge is 2.39. The topological polar surface area (TPSA) is 299 Å². The number of hydrogen-bond acceptors (Lipinski definition) is 15. The van der Waals surface area contributed by atoms with Crippen LogP contribution in [0.1, 0.15) is 58.1 Å². The molecule has 10 aromatic rings. The zero-order valence-electron chi connectivity index (χ0n) is 59.2. The molecule has 0 aromatic heterocycles. The van der Waals surface area contributed by atoms with Crippen LogP contribution in [-0.2, 0) is 80.1 Å². The second-order valence-electron chi connectivity index (χ2n) is 21.9. The molecule has 0 saturated heterocycles. The van der Waals surface area contributed by atoms with E-state index in [1.807, 2.05) is 12.1 Å². The van der Waals surface area contributed by atoms with Gasteiger partial charge in [0, 0.05) is 14.0 Å². The molecule has 2 N–H and O–H groups in total. The zero-order chi connectivity index (χ0) is 91.9. The number of benzene rings is 10. The van der Waals surface area contributed by atoms with Gasteiger partial charge in [-0.2, -0.15) is 52.7 Å². The number of alkyl halides is 12. The normalized spacial score (nSPS) is 11.3. The number of carboxylic acids is 2. The van der Waals surface area contributed by atoms with Gasteiger partial charge in [0.25, 0.3) is 0 Å². The van der Waals surface area contributed by atoms with E-state index in [9.17, 15) is 141 Å². The van der Waals surface area contributed by atoms with Crippen molar-refractivity contribution in [3.63, 3.8) is 0 Å². The molecule has 51 heteroatoms. The molecule has 0 aliphatic heterocycles. The summed E-state index contributed by atoms with van der Waals surface area (Å²) in [6.07, 6.45) is -14.1. The van der Waals surface area contributed by atoms with E-state index in [0.29, 0.717) is 29.2 Å². The molecule has 121 heavy (non-hydrogen) atoms. The van der Waals surface area contributed by atoms with Crippen molar-refractivity contribution in [1.82, 2.24) is 0 Å².